The van der Waals surface area contributed by atoms with Crippen molar-refractivity contribution in [1.29, 1.82) is 0 Å². The molecule has 3 aromatic rings. The lowest BCUT2D eigenvalue weighted by molar-refractivity contribution is -0.145. The van der Waals surface area contributed by atoms with Gasteiger partial charge in [-0.1, -0.05) is 36.4 Å². The van der Waals surface area contributed by atoms with Gasteiger partial charge in [0.05, 0.1) is 24.4 Å². The average molecular weight is 533 g/mol. The summed E-state index contributed by atoms with van der Waals surface area (Å²) in [6.45, 7) is 0.978. The molecule has 1 heterocycles. The van der Waals surface area contributed by atoms with Crippen LogP contribution in [-0.4, -0.2) is 53.9 Å². The number of hydrogen-bond acceptors (Lipinski definition) is 6. The molecular formula is C30H32N2O7. The van der Waals surface area contributed by atoms with Crippen molar-refractivity contribution in [2.75, 3.05) is 29.9 Å². The molecule has 1 aliphatic heterocycles. The molecule has 0 saturated carbocycles. The number of para-hydroxylation sites is 1. The van der Waals surface area contributed by atoms with Gasteiger partial charge in [-0.05, 0) is 67.6 Å². The van der Waals surface area contributed by atoms with E-state index in [1.165, 1.54) is 5.56 Å². The SMILES string of the molecule is O=C(O)CCCN1CC(C(=O)O)Oc2c(C(=O)Nc3ccc(OCCCCc4ccccc4)cc3)cccc21. The third-order valence-corrected chi connectivity index (χ3v) is 6.40. The van der Waals surface area contributed by atoms with Crippen LogP contribution in [0.4, 0.5) is 11.4 Å². The maximum atomic E-state index is 13.2. The Hall–Kier alpha value is -4.53. The monoisotopic (exact) mass is 532 g/mol. The highest BCUT2D eigenvalue weighted by Crippen LogP contribution is 2.37. The highest BCUT2D eigenvalue weighted by Gasteiger charge is 2.33. The number of carbonyl (C=O) groups is 3. The van der Waals surface area contributed by atoms with Gasteiger partial charge in [0.2, 0.25) is 6.10 Å². The number of nitrogens with one attached hydrogen (secondary N) is 1. The molecule has 9 nitrogen and oxygen atoms in total. The Morgan fingerprint density at radius 2 is 1.69 bits per heavy atom. The third kappa shape index (κ3) is 7.73. The Balaban J connectivity index is 1.35. The zero-order valence-electron chi connectivity index (χ0n) is 21.5. The molecule has 9 heteroatoms. The summed E-state index contributed by atoms with van der Waals surface area (Å²) in [4.78, 5) is 37.5. The average Bonchev–Trinajstić information content (AvgIpc) is 2.93. The topological polar surface area (TPSA) is 125 Å². The van der Waals surface area contributed by atoms with Crippen LogP contribution < -0.4 is 19.7 Å². The fourth-order valence-electron chi connectivity index (χ4n) is 4.41. The Morgan fingerprint density at radius 1 is 0.923 bits per heavy atom. The van der Waals surface area contributed by atoms with Gasteiger partial charge in [-0.25, -0.2) is 4.79 Å². The number of carbonyl (C=O) groups excluding carboxylic acids is 1. The van der Waals surface area contributed by atoms with Gasteiger partial charge >= 0.3 is 11.9 Å². The van der Waals surface area contributed by atoms with E-state index in [9.17, 15) is 19.5 Å². The fraction of sp³-hybridized carbons (Fsp3) is 0.300. The van der Waals surface area contributed by atoms with E-state index in [-0.39, 0.29) is 24.3 Å². The summed E-state index contributed by atoms with van der Waals surface area (Å²) in [5.74, 6) is -1.66. The number of carboxylic acid groups (broad SMARTS) is 2. The number of benzene rings is 3. The summed E-state index contributed by atoms with van der Waals surface area (Å²) in [5.41, 5.74) is 2.62. The van der Waals surface area contributed by atoms with Gasteiger partial charge < -0.3 is 29.9 Å². The standard InChI is InChI=1S/C30H32N2O7/c33-27(34)13-7-18-32-20-26(30(36)37)39-28-24(11-6-12-25(28)32)29(35)31-22-14-16-23(17-15-22)38-19-5-4-10-21-8-2-1-3-9-21/h1-3,6,8-9,11-12,14-17,26H,4-5,7,10,13,18-20H2,(H,31,35)(H,33,34)(H,36,37). The number of aryl methyl sites for hydroxylation is 1. The second kappa shape index (κ2) is 13.3. The van der Waals surface area contributed by atoms with E-state index < -0.39 is 23.9 Å². The number of hydrogen-bond donors (Lipinski definition) is 3. The molecule has 39 heavy (non-hydrogen) atoms. The van der Waals surface area contributed by atoms with Crippen LogP contribution in [0.3, 0.4) is 0 Å². The summed E-state index contributed by atoms with van der Waals surface area (Å²) in [6, 6.07) is 22.4. The molecule has 1 amide bonds. The molecule has 0 spiro atoms. The van der Waals surface area contributed by atoms with Crippen LogP contribution in [0.15, 0.2) is 72.8 Å². The molecular weight excluding hydrogens is 500 g/mol. The minimum Gasteiger partial charge on any atom is -0.494 e. The molecule has 0 aliphatic carbocycles. The first-order valence-electron chi connectivity index (χ1n) is 13.0. The normalized spacial score (nSPS) is 14.2. The predicted molar refractivity (Wildman–Crippen MR) is 147 cm³/mol. The van der Waals surface area contributed by atoms with Crippen LogP contribution in [0.2, 0.25) is 0 Å². The Bertz CT molecular complexity index is 1280. The first kappa shape index (κ1) is 27.5. The van der Waals surface area contributed by atoms with Crippen molar-refractivity contribution in [2.24, 2.45) is 0 Å². The van der Waals surface area contributed by atoms with Gasteiger partial charge in [-0.3, -0.25) is 9.59 Å². The molecule has 3 N–H and O–H groups in total. The molecule has 0 radical (unpaired) electrons. The zero-order valence-corrected chi connectivity index (χ0v) is 21.5. The molecule has 1 aliphatic rings. The Morgan fingerprint density at radius 3 is 2.41 bits per heavy atom. The number of nitrogens with zero attached hydrogens (tertiary/aromatic N) is 1. The third-order valence-electron chi connectivity index (χ3n) is 6.40. The molecule has 0 saturated heterocycles. The van der Waals surface area contributed by atoms with Crippen molar-refractivity contribution in [3.63, 3.8) is 0 Å². The lowest BCUT2D eigenvalue weighted by Gasteiger charge is -2.35. The lowest BCUT2D eigenvalue weighted by Crippen LogP contribution is -2.45. The first-order chi connectivity index (χ1) is 18.9. The maximum Gasteiger partial charge on any atom is 0.346 e. The molecule has 1 atom stereocenters. The van der Waals surface area contributed by atoms with E-state index >= 15 is 0 Å². The van der Waals surface area contributed by atoms with Crippen LogP contribution in [0.1, 0.15) is 41.6 Å². The van der Waals surface area contributed by atoms with Crippen LogP contribution in [-0.2, 0) is 16.0 Å². The summed E-state index contributed by atoms with van der Waals surface area (Å²) in [5, 5.41) is 21.4. The van der Waals surface area contributed by atoms with Crippen molar-refractivity contribution >= 4 is 29.2 Å². The number of aliphatic carboxylic acids is 2. The minimum atomic E-state index is -1.18. The van der Waals surface area contributed by atoms with Crippen LogP contribution >= 0.6 is 0 Å². The van der Waals surface area contributed by atoms with Crippen molar-refractivity contribution in [1.82, 2.24) is 0 Å². The summed E-state index contributed by atoms with van der Waals surface area (Å²) in [7, 11) is 0. The van der Waals surface area contributed by atoms with E-state index in [1.54, 1.807) is 47.4 Å². The summed E-state index contributed by atoms with van der Waals surface area (Å²) >= 11 is 0. The molecule has 1 unspecified atom stereocenters. The minimum absolute atomic E-state index is 0.0436. The highest BCUT2D eigenvalue weighted by molar-refractivity contribution is 6.07. The Kier molecular flexibility index (Phi) is 9.39. The number of fused-ring (bicyclic) bond motifs is 1. The van der Waals surface area contributed by atoms with Crippen molar-refractivity contribution in [2.45, 2.75) is 38.2 Å². The van der Waals surface area contributed by atoms with Crippen molar-refractivity contribution < 1.29 is 34.1 Å². The van der Waals surface area contributed by atoms with Crippen LogP contribution in [0.5, 0.6) is 11.5 Å². The quantitative estimate of drug-likeness (QED) is 0.267. The first-order valence-corrected chi connectivity index (χ1v) is 13.0. The maximum absolute atomic E-state index is 13.2. The van der Waals surface area contributed by atoms with Gasteiger partial charge in [-0.15, -0.1) is 0 Å². The number of amides is 1. The summed E-state index contributed by atoms with van der Waals surface area (Å²) in [6.07, 6.45) is 2.07. The van der Waals surface area contributed by atoms with E-state index in [0.717, 1.165) is 19.3 Å². The van der Waals surface area contributed by atoms with Crippen molar-refractivity contribution in [3.8, 4) is 11.5 Å². The van der Waals surface area contributed by atoms with Gasteiger partial charge in [0.25, 0.3) is 5.91 Å². The molecule has 204 valence electrons. The number of anilines is 2. The number of unbranched alkanes of at least 4 members (excludes halogenated alkanes) is 1. The molecule has 0 bridgehead atoms. The number of carboxylic acids is 2. The Labute approximate surface area is 227 Å². The fourth-order valence-corrected chi connectivity index (χ4v) is 4.41. The molecule has 0 fully saturated rings. The summed E-state index contributed by atoms with van der Waals surface area (Å²) < 4.78 is 11.5. The second-order valence-electron chi connectivity index (χ2n) is 9.31. The van der Waals surface area contributed by atoms with E-state index in [4.69, 9.17) is 14.6 Å². The van der Waals surface area contributed by atoms with E-state index in [0.29, 0.717) is 36.7 Å². The second-order valence-corrected chi connectivity index (χ2v) is 9.31. The predicted octanol–water partition coefficient (Wildman–Crippen LogP) is 4.86. The van der Waals surface area contributed by atoms with E-state index in [2.05, 4.69) is 17.4 Å². The molecule has 4 rings (SSSR count). The van der Waals surface area contributed by atoms with Crippen LogP contribution in [0.25, 0.3) is 0 Å². The van der Waals surface area contributed by atoms with Crippen LogP contribution in [0, 0.1) is 0 Å². The van der Waals surface area contributed by atoms with Gasteiger partial charge in [0.15, 0.2) is 5.75 Å². The van der Waals surface area contributed by atoms with Gasteiger partial charge in [0, 0.05) is 18.7 Å². The molecule has 3 aromatic carbocycles. The van der Waals surface area contributed by atoms with Gasteiger partial charge in [0.1, 0.15) is 5.75 Å². The van der Waals surface area contributed by atoms with E-state index in [1.807, 2.05) is 18.2 Å². The van der Waals surface area contributed by atoms with Crippen molar-refractivity contribution in [3.05, 3.63) is 83.9 Å². The largest absolute Gasteiger partial charge is 0.494 e. The molecule has 0 aromatic heterocycles. The lowest BCUT2D eigenvalue weighted by atomic mass is 10.1. The highest BCUT2D eigenvalue weighted by atomic mass is 16.5. The number of rotatable bonds is 13. The smallest absolute Gasteiger partial charge is 0.346 e. The van der Waals surface area contributed by atoms with Gasteiger partial charge in [-0.2, -0.15) is 0 Å². The zero-order chi connectivity index (χ0) is 27.6. The number of ether oxygens (including phenoxy) is 2.